The van der Waals surface area contributed by atoms with E-state index in [4.69, 9.17) is 4.74 Å². The highest BCUT2D eigenvalue weighted by Crippen LogP contribution is 2.38. The highest BCUT2D eigenvalue weighted by Gasteiger charge is 2.23. The van der Waals surface area contributed by atoms with Crippen molar-refractivity contribution in [2.45, 2.75) is 6.92 Å². The molecular formula is C16H20N3O4S2+. The Bertz CT molecular complexity index is 741. The molecule has 0 unspecified atom stereocenters. The minimum Gasteiger partial charge on any atom is -0.462 e. The lowest BCUT2D eigenvalue weighted by atomic mass is 10.1. The van der Waals surface area contributed by atoms with Gasteiger partial charge >= 0.3 is 5.97 Å². The van der Waals surface area contributed by atoms with Gasteiger partial charge < -0.3 is 20.7 Å². The van der Waals surface area contributed by atoms with Gasteiger partial charge in [-0.15, -0.1) is 22.7 Å². The minimum absolute atomic E-state index is 0.0852. The quantitative estimate of drug-likeness (QED) is 0.591. The molecule has 2 aromatic rings. The van der Waals surface area contributed by atoms with Gasteiger partial charge in [0.05, 0.1) is 6.61 Å². The fourth-order valence-corrected chi connectivity index (χ4v) is 3.87. The maximum atomic E-state index is 12.3. The number of nitrogens with two attached hydrogens (primary N) is 1. The molecule has 0 saturated carbocycles. The topological polar surface area (TPSA) is 101 Å². The molecule has 2 heterocycles. The summed E-state index contributed by atoms with van der Waals surface area (Å²) in [5, 5.41) is 11.0. The number of esters is 1. The van der Waals surface area contributed by atoms with Gasteiger partial charge in [0.25, 0.3) is 11.8 Å². The van der Waals surface area contributed by atoms with Crippen LogP contribution in [0.1, 0.15) is 17.3 Å². The van der Waals surface area contributed by atoms with E-state index in [1.54, 1.807) is 19.3 Å². The van der Waals surface area contributed by atoms with Crippen molar-refractivity contribution in [2.24, 2.45) is 0 Å². The highest BCUT2D eigenvalue weighted by molar-refractivity contribution is 7.17. The minimum atomic E-state index is -0.461. The highest BCUT2D eigenvalue weighted by atomic mass is 32.1. The van der Waals surface area contributed by atoms with Crippen molar-refractivity contribution in [1.29, 1.82) is 0 Å². The number of hydrogen-bond donors (Lipinski definition) is 3. The van der Waals surface area contributed by atoms with E-state index in [0.29, 0.717) is 10.6 Å². The third-order valence-electron chi connectivity index (χ3n) is 3.25. The Kier molecular flexibility index (Phi) is 7.11. The van der Waals surface area contributed by atoms with Crippen LogP contribution in [0.4, 0.5) is 5.00 Å². The van der Waals surface area contributed by atoms with E-state index in [2.05, 4.69) is 10.6 Å². The smallest absolute Gasteiger partial charge is 0.341 e. The summed E-state index contributed by atoms with van der Waals surface area (Å²) >= 11 is 2.79. The van der Waals surface area contributed by atoms with E-state index >= 15 is 0 Å². The lowest BCUT2D eigenvalue weighted by molar-refractivity contribution is -0.632. The molecule has 7 nitrogen and oxygen atoms in total. The summed E-state index contributed by atoms with van der Waals surface area (Å²) in [6.07, 6.45) is 0. The number of hydrogen-bond acceptors (Lipinski definition) is 6. The molecule has 4 N–H and O–H groups in total. The third-order valence-corrected chi connectivity index (χ3v) is 5.05. The van der Waals surface area contributed by atoms with Gasteiger partial charge in [-0.1, -0.05) is 6.07 Å². The van der Waals surface area contributed by atoms with Gasteiger partial charge in [-0.25, -0.2) is 4.79 Å². The molecule has 0 saturated heterocycles. The lowest BCUT2D eigenvalue weighted by Crippen LogP contribution is -2.88. The van der Waals surface area contributed by atoms with E-state index in [1.807, 2.05) is 22.9 Å². The summed E-state index contributed by atoms with van der Waals surface area (Å²) in [4.78, 5) is 36.5. The van der Waals surface area contributed by atoms with Crippen molar-refractivity contribution in [1.82, 2.24) is 5.32 Å². The summed E-state index contributed by atoms with van der Waals surface area (Å²) in [7, 11) is 1.54. The Morgan fingerprint density at radius 3 is 2.60 bits per heavy atom. The van der Waals surface area contributed by atoms with Crippen LogP contribution < -0.4 is 16.0 Å². The molecule has 2 rings (SSSR count). The Balaban J connectivity index is 2.13. The molecule has 25 heavy (non-hydrogen) atoms. The average molecular weight is 382 g/mol. The normalized spacial score (nSPS) is 10.3. The molecule has 0 bridgehead atoms. The Morgan fingerprint density at radius 1 is 1.20 bits per heavy atom. The Hall–Kier alpha value is -2.23. The first kappa shape index (κ1) is 19.1. The Labute approximate surface area is 153 Å². The van der Waals surface area contributed by atoms with E-state index in [9.17, 15) is 14.4 Å². The van der Waals surface area contributed by atoms with Crippen LogP contribution in [0.2, 0.25) is 0 Å². The molecule has 2 amide bonds. The molecule has 0 aliphatic rings. The van der Waals surface area contributed by atoms with E-state index in [0.717, 1.165) is 10.4 Å². The predicted molar refractivity (Wildman–Crippen MR) is 97.9 cm³/mol. The van der Waals surface area contributed by atoms with Gasteiger partial charge in [0.15, 0.2) is 13.1 Å². The van der Waals surface area contributed by atoms with Crippen molar-refractivity contribution in [3.05, 3.63) is 28.5 Å². The van der Waals surface area contributed by atoms with Crippen LogP contribution in [0.3, 0.4) is 0 Å². The van der Waals surface area contributed by atoms with Gasteiger partial charge in [0.1, 0.15) is 10.6 Å². The lowest BCUT2D eigenvalue weighted by Gasteiger charge is -2.07. The number of amides is 2. The van der Waals surface area contributed by atoms with Crippen LogP contribution in [0.15, 0.2) is 22.9 Å². The molecule has 0 aliphatic carbocycles. The first-order valence-electron chi connectivity index (χ1n) is 7.71. The second-order valence-electron chi connectivity index (χ2n) is 4.97. The fraction of sp³-hybridized carbons (Fsp3) is 0.312. The molecule has 0 fully saturated rings. The van der Waals surface area contributed by atoms with Crippen molar-refractivity contribution in [3.63, 3.8) is 0 Å². The van der Waals surface area contributed by atoms with Crippen LogP contribution in [-0.2, 0) is 14.3 Å². The number of rotatable bonds is 8. The van der Waals surface area contributed by atoms with Crippen molar-refractivity contribution >= 4 is 45.5 Å². The average Bonchev–Trinajstić information content (AvgIpc) is 3.24. The summed E-state index contributed by atoms with van der Waals surface area (Å²) in [5.41, 5.74) is 1.12. The van der Waals surface area contributed by atoms with Gasteiger partial charge in [0, 0.05) is 22.9 Å². The number of carbonyl (C=O) groups is 3. The van der Waals surface area contributed by atoms with E-state index in [1.165, 1.54) is 22.7 Å². The van der Waals surface area contributed by atoms with Crippen LogP contribution in [0, 0.1) is 0 Å². The van der Waals surface area contributed by atoms with Crippen molar-refractivity contribution < 1.29 is 24.4 Å². The molecular weight excluding hydrogens is 362 g/mol. The summed E-state index contributed by atoms with van der Waals surface area (Å²) in [6.45, 7) is 2.24. The number of quaternary nitrogens is 1. The molecule has 134 valence electrons. The molecule has 0 atom stereocenters. The van der Waals surface area contributed by atoms with E-state index < -0.39 is 5.97 Å². The monoisotopic (exact) mass is 382 g/mol. The second-order valence-corrected chi connectivity index (χ2v) is 6.80. The standard InChI is InChI=1S/C16H19N3O4S2/c1-3-23-16(22)14-10(11-5-4-6-24-11)9-25-15(14)19-13(21)8-18-7-12(20)17-2/h4-6,9,18H,3,7-8H2,1-2H3,(H,17,20)(H,19,21)/p+1. The van der Waals surface area contributed by atoms with E-state index in [-0.39, 0.29) is 31.5 Å². The molecule has 2 aromatic heterocycles. The Morgan fingerprint density at radius 2 is 1.96 bits per heavy atom. The van der Waals surface area contributed by atoms with Crippen molar-refractivity contribution in [3.8, 4) is 10.4 Å². The van der Waals surface area contributed by atoms with Gasteiger partial charge in [0.2, 0.25) is 0 Å². The molecule has 0 spiro atoms. The number of likely N-dealkylation sites (N-methyl/N-ethyl adjacent to an activating group) is 1. The second kappa shape index (κ2) is 9.30. The zero-order valence-electron chi connectivity index (χ0n) is 14.0. The molecule has 0 aliphatic heterocycles. The van der Waals surface area contributed by atoms with Gasteiger partial charge in [-0.3, -0.25) is 9.59 Å². The van der Waals surface area contributed by atoms with Crippen LogP contribution in [0.25, 0.3) is 10.4 Å². The molecule has 9 heteroatoms. The maximum absolute atomic E-state index is 12.3. The predicted octanol–water partition coefficient (Wildman–Crippen LogP) is 0.901. The number of carbonyl (C=O) groups excluding carboxylic acids is 3. The zero-order chi connectivity index (χ0) is 18.2. The summed E-state index contributed by atoms with van der Waals surface area (Å²) in [5.74, 6) is -0.901. The first-order chi connectivity index (χ1) is 12.1. The van der Waals surface area contributed by atoms with Crippen LogP contribution in [0.5, 0.6) is 0 Å². The van der Waals surface area contributed by atoms with Crippen LogP contribution >= 0.6 is 22.7 Å². The summed E-state index contributed by atoms with van der Waals surface area (Å²) in [6, 6.07) is 3.82. The number of ether oxygens (including phenoxy) is 1. The fourth-order valence-electron chi connectivity index (χ4n) is 2.08. The number of anilines is 1. The SMILES string of the molecule is CCOC(=O)c1c(-c2cccs2)csc1NC(=O)C[NH2+]CC(=O)NC. The van der Waals surface area contributed by atoms with Gasteiger partial charge in [-0.2, -0.15) is 0 Å². The zero-order valence-corrected chi connectivity index (χ0v) is 15.6. The first-order valence-corrected chi connectivity index (χ1v) is 9.47. The van der Waals surface area contributed by atoms with Crippen molar-refractivity contribution in [2.75, 3.05) is 32.1 Å². The summed E-state index contributed by atoms with van der Waals surface area (Å²) < 4.78 is 5.13. The third kappa shape index (κ3) is 5.12. The van der Waals surface area contributed by atoms with Crippen LogP contribution in [-0.4, -0.2) is 44.5 Å². The molecule has 0 radical (unpaired) electrons. The number of nitrogens with one attached hydrogen (secondary N) is 2. The largest absolute Gasteiger partial charge is 0.462 e. The van der Waals surface area contributed by atoms with Gasteiger partial charge in [-0.05, 0) is 18.4 Å². The number of thiophene rings is 2. The maximum Gasteiger partial charge on any atom is 0.341 e. The molecule has 0 aromatic carbocycles.